The van der Waals surface area contributed by atoms with Crippen LogP contribution in [0.2, 0.25) is 5.02 Å². The monoisotopic (exact) mass is 413 g/mol. The second-order valence-corrected chi connectivity index (χ2v) is 7.27. The quantitative estimate of drug-likeness (QED) is 0.431. The van der Waals surface area contributed by atoms with Gasteiger partial charge in [-0.25, -0.2) is 0 Å². The summed E-state index contributed by atoms with van der Waals surface area (Å²) in [4.78, 5) is 0. The third-order valence-electron chi connectivity index (χ3n) is 4.05. The molecule has 9 heteroatoms. The van der Waals surface area contributed by atoms with Gasteiger partial charge in [0.2, 0.25) is 11.8 Å². The van der Waals surface area contributed by atoms with Crippen LogP contribution in [-0.2, 0) is 12.8 Å². The van der Waals surface area contributed by atoms with Crippen LogP contribution in [0.4, 0.5) is 0 Å². The number of aromatic nitrogens is 5. The van der Waals surface area contributed by atoms with E-state index in [9.17, 15) is 0 Å². The van der Waals surface area contributed by atoms with Crippen LogP contribution < -0.4 is 4.74 Å². The van der Waals surface area contributed by atoms with Crippen LogP contribution in [0.5, 0.6) is 5.75 Å². The lowest BCUT2D eigenvalue weighted by Crippen LogP contribution is -1.95. The largest absolute Gasteiger partial charge is 0.497 e. The first-order chi connectivity index (χ1) is 13.6. The molecule has 0 fully saturated rings. The van der Waals surface area contributed by atoms with Crippen LogP contribution in [0.3, 0.4) is 0 Å². The molecule has 4 aromatic rings. The minimum atomic E-state index is 0.440. The van der Waals surface area contributed by atoms with Gasteiger partial charge in [0.05, 0.1) is 12.9 Å². The highest BCUT2D eigenvalue weighted by atomic mass is 35.5. The zero-order chi connectivity index (χ0) is 19.5. The molecule has 0 saturated heterocycles. The van der Waals surface area contributed by atoms with Crippen molar-refractivity contribution in [1.29, 1.82) is 0 Å². The van der Waals surface area contributed by atoms with Gasteiger partial charge in [0.25, 0.3) is 0 Å². The normalized spacial score (nSPS) is 11.0. The molecule has 7 nitrogen and oxygen atoms in total. The number of hydrogen-bond donors (Lipinski definition) is 0. The fourth-order valence-electron chi connectivity index (χ4n) is 2.61. The highest BCUT2D eigenvalue weighted by Gasteiger charge is 2.14. The molecule has 2 aromatic carbocycles. The average molecular weight is 414 g/mol. The number of methoxy groups -OCH3 is 1. The molecule has 2 aromatic heterocycles. The Hall–Kier alpha value is -2.84. The standard InChI is InChI=1S/C19H16ClN5O2S/c1-25-17(12-6-8-15(26-2)9-7-12)22-24-19(25)28-11-16-21-23-18(27-16)13-4-3-5-14(20)10-13/h3-10H,11H2,1-2H3. The molecular weight excluding hydrogens is 398 g/mol. The lowest BCUT2D eigenvalue weighted by Gasteiger charge is -2.04. The average Bonchev–Trinajstić information content (AvgIpc) is 3.33. The Bertz CT molecular complexity index is 1090. The van der Waals surface area contributed by atoms with Crippen LogP contribution >= 0.6 is 23.4 Å². The van der Waals surface area contributed by atoms with Gasteiger partial charge in [-0.3, -0.25) is 0 Å². The Morgan fingerprint density at radius 1 is 1.04 bits per heavy atom. The smallest absolute Gasteiger partial charge is 0.247 e. The Labute approximate surface area is 170 Å². The summed E-state index contributed by atoms with van der Waals surface area (Å²) in [6.45, 7) is 0. The highest BCUT2D eigenvalue weighted by molar-refractivity contribution is 7.98. The van der Waals surface area contributed by atoms with E-state index in [2.05, 4.69) is 20.4 Å². The van der Waals surface area contributed by atoms with Crippen LogP contribution in [0.1, 0.15) is 5.89 Å². The molecule has 0 aliphatic heterocycles. The lowest BCUT2D eigenvalue weighted by atomic mass is 10.2. The number of rotatable bonds is 6. The van der Waals surface area contributed by atoms with Gasteiger partial charge in [0, 0.05) is 23.2 Å². The summed E-state index contributed by atoms with van der Waals surface area (Å²) in [5, 5.41) is 18.1. The van der Waals surface area contributed by atoms with E-state index in [1.165, 1.54) is 11.8 Å². The molecule has 0 N–H and O–H groups in total. The SMILES string of the molecule is COc1ccc(-c2nnc(SCc3nnc(-c4cccc(Cl)c4)o3)n2C)cc1. The van der Waals surface area contributed by atoms with E-state index < -0.39 is 0 Å². The van der Waals surface area contributed by atoms with E-state index in [0.29, 0.717) is 22.6 Å². The van der Waals surface area contributed by atoms with Gasteiger partial charge >= 0.3 is 0 Å². The lowest BCUT2D eigenvalue weighted by molar-refractivity contribution is 0.415. The van der Waals surface area contributed by atoms with Crippen LogP contribution in [-0.4, -0.2) is 32.1 Å². The molecule has 0 spiro atoms. The van der Waals surface area contributed by atoms with Gasteiger partial charge in [-0.05, 0) is 42.5 Å². The topological polar surface area (TPSA) is 78.9 Å². The number of benzene rings is 2. The van der Waals surface area contributed by atoms with E-state index in [1.807, 2.05) is 48.0 Å². The first-order valence-corrected chi connectivity index (χ1v) is 9.75. The zero-order valence-electron chi connectivity index (χ0n) is 15.2. The molecule has 0 unspecified atom stereocenters. The maximum atomic E-state index is 6.01. The van der Waals surface area contributed by atoms with E-state index in [1.54, 1.807) is 19.2 Å². The molecular formula is C19H16ClN5O2S. The van der Waals surface area contributed by atoms with Crippen molar-refractivity contribution in [3.63, 3.8) is 0 Å². The van der Waals surface area contributed by atoms with Gasteiger partial charge in [0.1, 0.15) is 5.75 Å². The minimum absolute atomic E-state index is 0.440. The van der Waals surface area contributed by atoms with Crippen molar-refractivity contribution in [2.24, 2.45) is 7.05 Å². The fraction of sp³-hybridized carbons (Fsp3) is 0.158. The van der Waals surface area contributed by atoms with Crippen molar-refractivity contribution in [3.8, 4) is 28.6 Å². The van der Waals surface area contributed by atoms with Crippen molar-refractivity contribution < 1.29 is 9.15 Å². The second-order valence-electron chi connectivity index (χ2n) is 5.89. The second kappa shape index (κ2) is 8.04. The number of halogens is 1. The molecule has 0 aliphatic carbocycles. The number of nitrogens with zero attached hydrogens (tertiary/aromatic N) is 5. The first kappa shape index (κ1) is 18.5. The Kier molecular flexibility index (Phi) is 5.31. The molecule has 0 aliphatic rings. The zero-order valence-corrected chi connectivity index (χ0v) is 16.7. The minimum Gasteiger partial charge on any atom is -0.497 e. The maximum absolute atomic E-state index is 6.01. The highest BCUT2D eigenvalue weighted by Crippen LogP contribution is 2.27. The van der Waals surface area contributed by atoms with Gasteiger partial charge < -0.3 is 13.7 Å². The number of hydrogen-bond acceptors (Lipinski definition) is 7. The van der Waals surface area contributed by atoms with E-state index >= 15 is 0 Å². The molecule has 0 amide bonds. The summed E-state index contributed by atoms with van der Waals surface area (Å²) in [6, 6.07) is 15.0. The number of thioether (sulfide) groups is 1. The van der Waals surface area contributed by atoms with Crippen molar-refractivity contribution in [2.75, 3.05) is 7.11 Å². The fourth-order valence-corrected chi connectivity index (χ4v) is 3.55. The molecule has 2 heterocycles. The van der Waals surface area contributed by atoms with E-state index in [-0.39, 0.29) is 0 Å². The third-order valence-corrected chi connectivity index (χ3v) is 5.29. The summed E-state index contributed by atoms with van der Waals surface area (Å²) in [5.41, 5.74) is 1.75. The van der Waals surface area contributed by atoms with Crippen molar-refractivity contribution in [1.82, 2.24) is 25.0 Å². The Balaban J connectivity index is 1.46. The van der Waals surface area contributed by atoms with Crippen LogP contribution in [0.15, 0.2) is 58.1 Å². The van der Waals surface area contributed by atoms with Crippen LogP contribution in [0, 0.1) is 0 Å². The van der Waals surface area contributed by atoms with Crippen molar-refractivity contribution in [2.45, 2.75) is 10.9 Å². The van der Waals surface area contributed by atoms with Crippen molar-refractivity contribution >= 4 is 23.4 Å². The summed E-state index contributed by atoms with van der Waals surface area (Å²) in [5.74, 6) is 3.01. The molecule has 0 saturated carbocycles. The van der Waals surface area contributed by atoms with E-state index in [0.717, 1.165) is 27.9 Å². The molecule has 0 atom stereocenters. The van der Waals surface area contributed by atoms with Gasteiger partial charge in [-0.15, -0.1) is 20.4 Å². The third kappa shape index (κ3) is 3.88. The molecule has 4 rings (SSSR count). The van der Waals surface area contributed by atoms with Crippen molar-refractivity contribution in [3.05, 3.63) is 59.4 Å². The summed E-state index contributed by atoms with van der Waals surface area (Å²) in [7, 11) is 3.56. The maximum Gasteiger partial charge on any atom is 0.247 e. The van der Waals surface area contributed by atoms with Crippen LogP contribution in [0.25, 0.3) is 22.8 Å². The molecule has 142 valence electrons. The van der Waals surface area contributed by atoms with E-state index in [4.69, 9.17) is 20.8 Å². The Morgan fingerprint density at radius 2 is 1.86 bits per heavy atom. The summed E-state index contributed by atoms with van der Waals surface area (Å²) < 4.78 is 12.9. The predicted octanol–water partition coefficient (Wildman–Crippen LogP) is 4.49. The predicted molar refractivity (Wildman–Crippen MR) is 107 cm³/mol. The van der Waals surface area contributed by atoms with Gasteiger partial charge in [-0.2, -0.15) is 0 Å². The Morgan fingerprint density at radius 3 is 2.61 bits per heavy atom. The van der Waals surface area contributed by atoms with Gasteiger partial charge in [-0.1, -0.05) is 29.4 Å². The molecule has 0 radical (unpaired) electrons. The number of ether oxygens (including phenoxy) is 1. The molecule has 28 heavy (non-hydrogen) atoms. The first-order valence-electron chi connectivity index (χ1n) is 8.39. The summed E-state index contributed by atoms with van der Waals surface area (Å²) >= 11 is 7.49. The molecule has 0 bridgehead atoms. The summed E-state index contributed by atoms with van der Waals surface area (Å²) in [6.07, 6.45) is 0. The van der Waals surface area contributed by atoms with Gasteiger partial charge in [0.15, 0.2) is 11.0 Å².